The molecule has 1 saturated carbocycles. The average molecular weight is 266 g/mol. The Labute approximate surface area is 118 Å². The highest BCUT2D eigenvalue weighted by atomic mass is 16.5. The molecule has 19 heavy (non-hydrogen) atoms. The van der Waals surface area contributed by atoms with E-state index in [0.717, 1.165) is 31.5 Å². The van der Waals surface area contributed by atoms with Crippen LogP contribution in [0.15, 0.2) is 0 Å². The molecule has 3 atom stereocenters. The number of rotatable bonds is 5. The lowest BCUT2D eigenvalue weighted by Gasteiger charge is -2.41. The maximum absolute atomic E-state index is 5.64. The summed E-state index contributed by atoms with van der Waals surface area (Å²) < 4.78 is 5.64. The molecule has 3 rings (SSSR count). The number of likely N-dealkylation sites (tertiary alicyclic amines) is 1. The van der Waals surface area contributed by atoms with E-state index in [1.165, 1.54) is 64.6 Å². The second-order valence-corrected chi connectivity index (χ2v) is 6.73. The summed E-state index contributed by atoms with van der Waals surface area (Å²) in [5.74, 6) is 2.07. The number of nitrogens with zero attached hydrogens (tertiary/aromatic N) is 1. The van der Waals surface area contributed by atoms with E-state index in [1.807, 2.05) is 0 Å². The average Bonchev–Trinajstić information content (AvgIpc) is 2.97. The smallest absolute Gasteiger partial charge is 0.0700 e. The first-order valence-electron chi connectivity index (χ1n) is 8.46. The van der Waals surface area contributed by atoms with Crippen molar-refractivity contribution < 1.29 is 4.74 Å². The van der Waals surface area contributed by atoms with Crippen LogP contribution >= 0.6 is 0 Å². The predicted octanol–water partition coefficient (Wildman–Crippen LogP) is 2.27. The minimum Gasteiger partial charge on any atom is -0.377 e. The lowest BCUT2D eigenvalue weighted by molar-refractivity contribution is 0.0841. The molecule has 0 radical (unpaired) electrons. The van der Waals surface area contributed by atoms with Crippen LogP contribution in [0.5, 0.6) is 0 Å². The summed E-state index contributed by atoms with van der Waals surface area (Å²) in [6.07, 6.45) is 10.4. The van der Waals surface area contributed by atoms with Gasteiger partial charge in [0.1, 0.15) is 0 Å². The first-order chi connectivity index (χ1) is 9.42. The fourth-order valence-electron chi connectivity index (χ4n) is 4.18. The normalized spacial score (nSPS) is 36.3. The zero-order valence-electron chi connectivity index (χ0n) is 12.3. The van der Waals surface area contributed by atoms with Crippen LogP contribution in [-0.4, -0.2) is 50.3 Å². The van der Waals surface area contributed by atoms with E-state index in [0.29, 0.717) is 6.10 Å². The van der Waals surface area contributed by atoms with Crippen molar-refractivity contribution in [2.75, 3.05) is 39.3 Å². The van der Waals surface area contributed by atoms with Crippen molar-refractivity contribution in [2.24, 2.45) is 11.8 Å². The van der Waals surface area contributed by atoms with Gasteiger partial charge in [-0.25, -0.2) is 0 Å². The van der Waals surface area contributed by atoms with Gasteiger partial charge in [-0.3, -0.25) is 0 Å². The van der Waals surface area contributed by atoms with Gasteiger partial charge in [0.25, 0.3) is 0 Å². The third-order valence-electron chi connectivity index (χ3n) is 5.38. The topological polar surface area (TPSA) is 24.5 Å². The van der Waals surface area contributed by atoms with Crippen molar-refractivity contribution in [1.29, 1.82) is 0 Å². The molecule has 3 nitrogen and oxygen atoms in total. The molecule has 0 amide bonds. The van der Waals surface area contributed by atoms with Gasteiger partial charge in [0.2, 0.25) is 0 Å². The third-order valence-corrected chi connectivity index (χ3v) is 5.38. The van der Waals surface area contributed by atoms with Gasteiger partial charge >= 0.3 is 0 Å². The van der Waals surface area contributed by atoms with Crippen LogP contribution in [0.4, 0.5) is 0 Å². The van der Waals surface area contributed by atoms with Crippen LogP contribution in [0.3, 0.4) is 0 Å². The third kappa shape index (κ3) is 3.93. The maximum Gasteiger partial charge on any atom is 0.0700 e. The van der Waals surface area contributed by atoms with Crippen molar-refractivity contribution in [2.45, 2.75) is 51.0 Å². The van der Waals surface area contributed by atoms with Gasteiger partial charge in [-0.05, 0) is 44.1 Å². The van der Waals surface area contributed by atoms with Crippen molar-refractivity contribution >= 4 is 0 Å². The highest BCUT2D eigenvalue weighted by molar-refractivity contribution is 4.83. The fourth-order valence-corrected chi connectivity index (χ4v) is 4.18. The van der Waals surface area contributed by atoms with Crippen molar-refractivity contribution in [3.8, 4) is 0 Å². The SMILES string of the molecule is C1COC(CNCCN2CCC3CCCCC3C2)C1. The van der Waals surface area contributed by atoms with E-state index >= 15 is 0 Å². The van der Waals surface area contributed by atoms with Gasteiger partial charge in [0.05, 0.1) is 6.10 Å². The van der Waals surface area contributed by atoms with Gasteiger partial charge in [-0.15, -0.1) is 0 Å². The molecule has 1 N–H and O–H groups in total. The second-order valence-electron chi connectivity index (χ2n) is 6.73. The Hall–Kier alpha value is -0.120. The zero-order valence-corrected chi connectivity index (χ0v) is 12.3. The summed E-state index contributed by atoms with van der Waals surface area (Å²) in [6.45, 7) is 7.10. The highest BCUT2D eigenvalue weighted by Crippen LogP contribution is 2.35. The molecule has 3 heteroatoms. The lowest BCUT2D eigenvalue weighted by atomic mass is 9.75. The molecule has 0 aromatic rings. The van der Waals surface area contributed by atoms with Crippen LogP contribution < -0.4 is 5.32 Å². The molecule has 3 fully saturated rings. The van der Waals surface area contributed by atoms with Crippen LogP contribution in [0.2, 0.25) is 0 Å². The number of hydrogen-bond donors (Lipinski definition) is 1. The minimum atomic E-state index is 0.490. The van der Waals surface area contributed by atoms with Gasteiger partial charge in [0.15, 0.2) is 0 Å². The number of nitrogens with one attached hydrogen (secondary N) is 1. The first kappa shape index (κ1) is 13.8. The molecule has 1 aliphatic carbocycles. The molecular weight excluding hydrogens is 236 g/mol. The quantitative estimate of drug-likeness (QED) is 0.773. The Kier molecular flexibility index (Phi) is 5.14. The number of piperidine rings is 1. The highest BCUT2D eigenvalue weighted by Gasteiger charge is 2.30. The summed E-state index contributed by atoms with van der Waals surface area (Å²) in [5, 5.41) is 3.58. The van der Waals surface area contributed by atoms with Gasteiger partial charge in [-0.2, -0.15) is 0 Å². The van der Waals surface area contributed by atoms with Crippen LogP contribution in [0.25, 0.3) is 0 Å². The fraction of sp³-hybridized carbons (Fsp3) is 1.00. The molecule has 3 aliphatic rings. The molecule has 2 saturated heterocycles. The van der Waals surface area contributed by atoms with Crippen LogP contribution in [-0.2, 0) is 4.74 Å². The van der Waals surface area contributed by atoms with Crippen LogP contribution in [0, 0.1) is 11.8 Å². The maximum atomic E-state index is 5.64. The number of hydrogen-bond acceptors (Lipinski definition) is 3. The molecule has 0 aromatic carbocycles. The Bertz CT molecular complexity index is 265. The Morgan fingerprint density at radius 1 is 1.00 bits per heavy atom. The van der Waals surface area contributed by atoms with Gasteiger partial charge < -0.3 is 15.0 Å². The van der Waals surface area contributed by atoms with Crippen molar-refractivity contribution in [3.05, 3.63) is 0 Å². The summed E-state index contributed by atoms with van der Waals surface area (Å²) in [7, 11) is 0. The molecule has 110 valence electrons. The van der Waals surface area contributed by atoms with Crippen LogP contribution in [0.1, 0.15) is 44.9 Å². The summed E-state index contributed by atoms with van der Waals surface area (Å²) in [5.41, 5.74) is 0. The summed E-state index contributed by atoms with van der Waals surface area (Å²) in [4.78, 5) is 2.69. The first-order valence-corrected chi connectivity index (χ1v) is 8.46. The van der Waals surface area contributed by atoms with Gasteiger partial charge in [-0.1, -0.05) is 19.3 Å². The van der Waals surface area contributed by atoms with E-state index in [4.69, 9.17) is 4.74 Å². The van der Waals surface area contributed by atoms with E-state index in [1.54, 1.807) is 0 Å². The predicted molar refractivity (Wildman–Crippen MR) is 78.3 cm³/mol. The largest absolute Gasteiger partial charge is 0.377 e. The Morgan fingerprint density at radius 2 is 1.89 bits per heavy atom. The Morgan fingerprint density at radius 3 is 2.74 bits per heavy atom. The minimum absolute atomic E-state index is 0.490. The van der Waals surface area contributed by atoms with Gasteiger partial charge in [0, 0.05) is 32.8 Å². The van der Waals surface area contributed by atoms with E-state index in [-0.39, 0.29) is 0 Å². The molecule has 2 heterocycles. The standard InChI is InChI=1S/C16H30N2O/c1-2-5-15-13-18(9-7-14(15)4-1)10-8-17-12-16-6-3-11-19-16/h14-17H,1-13H2. The Balaban J connectivity index is 1.30. The monoisotopic (exact) mass is 266 g/mol. The molecule has 3 unspecified atom stereocenters. The van der Waals surface area contributed by atoms with E-state index < -0.39 is 0 Å². The molecule has 2 aliphatic heterocycles. The summed E-state index contributed by atoms with van der Waals surface area (Å²) >= 11 is 0. The van der Waals surface area contributed by atoms with E-state index in [2.05, 4.69) is 10.2 Å². The number of fused-ring (bicyclic) bond motifs is 1. The zero-order chi connectivity index (χ0) is 12.9. The van der Waals surface area contributed by atoms with Crippen molar-refractivity contribution in [1.82, 2.24) is 10.2 Å². The molecule has 0 spiro atoms. The molecule has 0 aromatic heterocycles. The molecular formula is C16H30N2O. The van der Waals surface area contributed by atoms with E-state index in [9.17, 15) is 0 Å². The van der Waals surface area contributed by atoms with Crippen molar-refractivity contribution in [3.63, 3.8) is 0 Å². The number of ether oxygens (including phenoxy) is 1. The summed E-state index contributed by atoms with van der Waals surface area (Å²) in [6, 6.07) is 0. The second kappa shape index (κ2) is 7.05. The lowest BCUT2D eigenvalue weighted by Crippen LogP contribution is -2.44. The molecule has 0 bridgehead atoms.